The normalized spacial score (nSPS) is 10.9. The van der Waals surface area contributed by atoms with Crippen LogP contribution in [-0.4, -0.2) is 9.78 Å². The molecule has 1 aromatic heterocycles. The lowest BCUT2D eigenvalue weighted by Gasteiger charge is -2.09. The van der Waals surface area contributed by atoms with Crippen molar-refractivity contribution in [2.24, 2.45) is 0 Å². The molecule has 4 nitrogen and oxygen atoms in total. The van der Waals surface area contributed by atoms with Crippen LogP contribution in [0.4, 0.5) is 5.69 Å². The Kier molecular flexibility index (Phi) is 3.48. The second-order valence-electron chi connectivity index (χ2n) is 4.49. The van der Waals surface area contributed by atoms with Crippen molar-refractivity contribution in [3.63, 3.8) is 0 Å². The minimum atomic E-state index is 0.304. The van der Waals surface area contributed by atoms with Crippen LogP contribution in [0.25, 0.3) is 0 Å². The van der Waals surface area contributed by atoms with Crippen molar-refractivity contribution in [1.29, 1.82) is 0 Å². The van der Waals surface area contributed by atoms with Crippen molar-refractivity contribution in [1.82, 2.24) is 9.78 Å². The molecule has 0 saturated carbocycles. The number of rotatable bonds is 3. The van der Waals surface area contributed by atoms with E-state index in [4.69, 9.17) is 22.1 Å². The van der Waals surface area contributed by atoms with Gasteiger partial charge in [0.05, 0.1) is 23.1 Å². The molecule has 0 aliphatic heterocycles. The molecule has 2 N–H and O–H groups in total. The molecule has 0 radical (unpaired) electrons. The zero-order valence-corrected chi connectivity index (χ0v) is 11.4. The summed E-state index contributed by atoms with van der Waals surface area (Å²) in [6, 6.07) is 3.82. The Morgan fingerprint density at radius 3 is 2.72 bits per heavy atom. The van der Waals surface area contributed by atoms with Gasteiger partial charge in [-0.3, -0.25) is 4.68 Å². The Labute approximate surface area is 111 Å². The first kappa shape index (κ1) is 12.8. The van der Waals surface area contributed by atoms with Crippen molar-refractivity contribution in [3.8, 4) is 11.5 Å². The van der Waals surface area contributed by atoms with Crippen molar-refractivity contribution in [2.45, 2.75) is 26.8 Å². The summed E-state index contributed by atoms with van der Waals surface area (Å²) in [6.45, 7) is 6.04. The molecule has 0 fully saturated rings. The molecule has 96 valence electrons. The van der Waals surface area contributed by atoms with Gasteiger partial charge >= 0.3 is 0 Å². The molecule has 0 saturated heterocycles. The van der Waals surface area contributed by atoms with Gasteiger partial charge in [0.1, 0.15) is 5.75 Å². The number of hydrogen-bond donors (Lipinski definition) is 1. The van der Waals surface area contributed by atoms with Gasteiger partial charge in [-0.15, -0.1) is 0 Å². The van der Waals surface area contributed by atoms with Crippen LogP contribution in [-0.2, 0) is 0 Å². The summed E-state index contributed by atoms with van der Waals surface area (Å²) in [5.41, 5.74) is 7.22. The summed E-state index contributed by atoms with van der Waals surface area (Å²) in [4.78, 5) is 0. The average molecular weight is 266 g/mol. The van der Waals surface area contributed by atoms with Crippen LogP contribution in [0.3, 0.4) is 0 Å². The highest BCUT2D eigenvalue weighted by molar-refractivity contribution is 6.33. The number of aromatic nitrogens is 2. The van der Waals surface area contributed by atoms with E-state index in [-0.39, 0.29) is 0 Å². The number of anilines is 1. The third-order valence-corrected chi connectivity index (χ3v) is 2.96. The highest BCUT2D eigenvalue weighted by Gasteiger charge is 2.08. The van der Waals surface area contributed by atoms with Gasteiger partial charge in [0.2, 0.25) is 0 Å². The fourth-order valence-corrected chi connectivity index (χ4v) is 1.73. The quantitative estimate of drug-likeness (QED) is 0.859. The highest BCUT2D eigenvalue weighted by atomic mass is 35.5. The summed E-state index contributed by atoms with van der Waals surface area (Å²) in [5.74, 6) is 1.38. The van der Waals surface area contributed by atoms with E-state index in [0.717, 1.165) is 5.56 Å². The molecule has 0 spiro atoms. The monoisotopic (exact) mass is 265 g/mol. The van der Waals surface area contributed by atoms with Crippen LogP contribution in [0.2, 0.25) is 5.02 Å². The lowest BCUT2D eigenvalue weighted by Crippen LogP contribution is -1.99. The second kappa shape index (κ2) is 4.90. The Morgan fingerprint density at radius 1 is 1.39 bits per heavy atom. The highest BCUT2D eigenvalue weighted by Crippen LogP contribution is 2.31. The van der Waals surface area contributed by atoms with Gasteiger partial charge in [0, 0.05) is 12.1 Å². The molecule has 18 heavy (non-hydrogen) atoms. The van der Waals surface area contributed by atoms with Gasteiger partial charge in [0.25, 0.3) is 0 Å². The molecule has 2 rings (SSSR count). The van der Waals surface area contributed by atoms with Crippen LogP contribution >= 0.6 is 11.6 Å². The predicted molar refractivity (Wildman–Crippen MR) is 73.3 cm³/mol. The first-order valence-electron chi connectivity index (χ1n) is 5.75. The number of halogens is 1. The van der Waals surface area contributed by atoms with E-state index in [1.54, 1.807) is 18.3 Å². The maximum absolute atomic E-state index is 5.98. The molecule has 0 amide bonds. The molecule has 5 heteroatoms. The third-order valence-electron chi connectivity index (χ3n) is 2.63. The van der Waals surface area contributed by atoms with Gasteiger partial charge < -0.3 is 10.5 Å². The van der Waals surface area contributed by atoms with E-state index < -0.39 is 0 Å². The van der Waals surface area contributed by atoms with E-state index in [9.17, 15) is 0 Å². The Morgan fingerprint density at radius 2 is 2.11 bits per heavy atom. The third kappa shape index (κ3) is 2.59. The van der Waals surface area contributed by atoms with Gasteiger partial charge in [-0.1, -0.05) is 11.6 Å². The van der Waals surface area contributed by atoms with Gasteiger partial charge in [0.15, 0.2) is 5.75 Å². The summed E-state index contributed by atoms with van der Waals surface area (Å²) in [7, 11) is 0. The molecular weight excluding hydrogens is 250 g/mol. The van der Waals surface area contributed by atoms with Crippen molar-refractivity contribution >= 4 is 17.3 Å². The maximum atomic E-state index is 5.98. The SMILES string of the molecule is Cc1cc(N)c(Cl)cc1Oc1cnn(C(C)C)c1. The van der Waals surface area contributed by atoms with E-state index in [0.29, 0.717) is 28.3 Å². The smallest absolute Gasteiger partial charge is 0.165 e. The lowest BCUT2D eigenvalue weighted by molar-refractivity contribution is 0.474. The van der Waals surface area contributed by atoms with Crippen LogP contribution in [0.1, 0.15) is 25.5 Å². The number of benzene rings is 1. The molecule has 2 aromatic rings. The predicted octanol–water partition coefficient (Wildman–Crippen LogP) is 3.80. The minimum Gasteiger partial charge on any atom is -0.454 e. The Hall–Kier alpha value is -1.68. The number of ether oxygens (including phenoxy) is 1. The van der Waals surface area contributed by atoms with Gasteiger partial charge in [-0.05, 0) is 32.4 Å². The fourth-order valence-electron chi connectivity index (χ4n) is 1.58. The van der Waals surface area contributed by atoms with Crippen molar-refractivity contribution in [2.75, 3.05) is 5.73 Å². The number of aryl methyl sites for hydroxylation is 1. The molecule has 0 aliphatic rings. The largest absolute Gasteiger partial charge is 0.454 e. The summed E-state index contributed by atoms with van der Waals surface area (Å²) in [5, 5.41) is 4.71. The molecule has 0 unspecified atom stereocenters. The van der Waals surface area contributed by atoms with E-state index in [1.165, 1.54) is 0 Å². The molecule has 1 aromatic carbocycles. The standard InChI is InChI=1S/C13H16ClN3O/c1-8(2)17-7-10(6-16-17)18-13-5-11(14)12(15)4-9(13)3/h4-8H,15H2,1-3H3. The number of nitrogens with zero attached hydrogens (tertiary/aromatic N) is 2. The lowest BCUT2D eigenvalue weighted by atomic mass is 10.2. The summed E-state index contributed by atoms with van der Waals surface area (Å²) < 4.78 is 7.59. The molecular formula is C13H16ClN3O. The topological polar surface area (TPSA) is 53.1 Å². The zero-order valence-electron chi connectivity index (χ0n) is 10.6. The zero-order chi connectivity index (χ0) is 13.3. The first-order valence-corrected chi connectivity index (χ1v) is 6.13. The number of hydrogen-bond acceptors (Lipinski definition) is 3. The molecule has 0 bridgehead atoms. The van der Waals surface area contributed by atoms with Crippen molar-refractivity contribution < 1.29 is 4.74 Å². The van der Waals surface area contributed by atoms with E-state index in [2.05, 4.69) is 18.9 Å². The van der Waals surface area contributed by atoms with Crippen LogP contribution in [0.15, 0.2) is 24.5 Å². The molecule has 0 aliphatic carbocycles. The maximum Gasteiger partial charge on any atom is 0.165 e. The summed E-state index contributed by atoms with van der Waals surface area (Å²) in [6.07, 6.45) is 3.54. The fraction of sp³-hybridized carbons (Fsp3) is 0.308. The Balaban J connectivity index is 2.25. The van der Waals surface area contributed by atoms with Crippen LogP contribution in [0, 0.1) is 6.92 Å². The van der Waals surface area contributed by atoms with Crippen LogP contribution < -0.4 is 10.5 Å². The van der Waals surface area contributed by atoms with E-state index in [1.807, 2.05) is 17.8 Å². The average Bonchev–Trinajstić information content (AvgIpc) is 2.74. The van der Waals surface area contributed by atoms with Gasteiger partial charge in [-0.25, -0.2) is 0 Å². The second-order valence-corrected chi connectivity index (χ2v) is 4.90. The Bertz CT molecular complexity index is 563. The van der Waals surface area contributed by atoms with Gasteiger partial charge in [-0.2, -0.15) is 5.10 Å². The van der Waals surface area contributed by atoms with E-state index >= 15 is 0 Å². The minimum absolute atomic E-state index is 0.304. The molecule has 0 atom stereocenters. The first-order chi connectivity index (χ1) is 8.47. The molecule has 1 heterocycles. The number of nitrogen functional groups attached to an aromatic ring is 1. The van der Waals surface area contributed by atoms with Crippen molar-refractivity contribution in [3.05, 3.63) is 35.1 Å². The summed E-state index contributed by atoms with van der Waals surface area (Å²) >= 11 is 5.98. The van der Waals surface area contributed by atoms with Crippen LogP contribution in [0.5, 0.6) is 11.5 Å². The number of nitrogens with two attached hydrogens (primary N) is 1.